The van der Waals surface area contributed by atoms with Crippen LogP contribution in [0.4, 0.5) is 0 Å². The molecule has 0 aliphatic carbocycles. The Balaban J connectivity index is 1.80. The van der Waals surface area contributed by atoms with E-state index >= 15 is 0 Å². The molecule has 15 heavy (non-hydrogen) atoms. The molecule has 0 spiro atoms. The molecule has 0 aromatic carbocycles. The Morgan fingerprint density at radius 3 is 2.73 bits per heavy atom. The molecule has 80 valence electrons. The average molecular weight is 209 g/mol. The van der Waals surface area contributed by atoms with Gasteiger partial charge < -0.3 is 9.84 Å². The maximum atomic E-state index is 4.82. The summed E-state index contributed by atoms with van der Waals surface area (Å²) in [4.78, 5) is 5.46. The minimum Gasteiger partial charge on any atom is -0.340 e. The molecule has 0 unspecified atom stereocenters. The molecule has 0 atom stereocenters. The van der Waals surface area contributed by atoms with E-state index in [1.54, 1.807) is 14.0 Å². The summed E-state index contributed by atoms with van der Waals surface area (Å²) in [5, 5.41) is 18.4. The fourth-order valence-corrected chi connectivity index (χ4v) is 1.09. The van der Waals surface area contributed by atoms with Crippen molar-refractivity contribution in [3.63, 3.8) is 0 Å². The van der Waals surface area contributed by atoms with Crippen molar-refractivity contribution in [1.82, 2.24) is 35.7 Å². The molecule has 2 heterocycles. The van der Waals surface area contributed by atoms with Gasteiger partial charge in [-0.2, -0.15) is 9.78 Å². The molecule has 0 aliphatic rings. The highest BCUT2D eigenvalue weighted by molar-refractivity contribution is 4.84. The van der Waals surface area contributed by atoms with Crippen LogP contribution < -0.4 is 5.32 Å². The van der Waals surface area contributed by atoms with Gasteiger partial charge >= 0.3 is 0 Å². The lowest BCUT2D eigenvalue weighted by Gasteiger charge is -1.95. The zero-order valence-corrected chi connectivity index (χ0v) is 8.51. The number of rotatable bonds is 4. The van der Waals surface area contributed by atoms with Gasteiger partial charge in [-0.15, -0.1) is 10.2 Å². The number of nitrogens with one attached hydrogen (secondary N) is 1. The number of tetrazole rings is 1. The summed E-state index contributed by atoms with van der Waals surface area (Å²) in [6, 6.07) is 0. The van der Waals surface area contributed by atoms with Crippen LogP contribution in [0.5, 0.6) is 0 Å². The van der Waals surface area contributed by atoms with Gasteiger partial charge in [-0.1, -0.05) is 5.16 Å². The third kappa shape index (κ3) is 2.56. The van der Waals surface area contributed by atoms with Crippen LogP contribution in [0.15, 0.2) is 4.52 Å². The van der Waals surface area contributed by atoms with Crippen molar-refractivity contribution in [3.05, 3.63) is 17.5 Å². The second kappa shape index (κ2) is 4.13. The van der Waals surface area contributed by atoms with Crippen molar-refractivity contribution < 1.29 is 4.52 Å². The predicted octanol–water partition coefficient (Wildman–Crippen LogP) is -0.809. The van der Waals surface area contributed by atoms with E-state index < -0.39 is 0 Å². The molecule has 0 aliphatic heterocycles. The summed E-state index contributed by atoms with van der Waals surface area (Å²) in [7, 11) is 1.72. The van der Waals surface area contributed by atoms with Crippen LogP contribution in [0, 0.1) is 6.92 Å². The van der Waals surface area contributed by atoms with Crippen molar-refractivity contribution in [2.75, 3.05) is 0 Å². The van der Waals surface area contributed by atoms with Crippen LogP contribution in [0.2, 0.25) is 0 Å². The lowest BCUT2D eigenvalue weighted by Crippen LogP contribution is -2.15. The normalized spacial score (nSPS) is 10.8. The summed E-state index contributed by atoms with van der Waals surface area (Å²) in [5.74, 6) is 1.82. The second-order valence-corrected chi connectivity index (χ2v) is 3.03. The Morgan fingerprint density at radius 2 is 2.13 bits per heavy atom. The third-order valence-corrected chi connectivity index (χ3v) is 1.69. The van der Waals surface area contributed by atoms with Gasteiger partial charge in [0, 0.05) is 6.92 Å². The van der Waals surface area contributed by atoms with Crippen LogP contribution in [0.1, 0.15) is 17.5 Å². The van der Waals surface area contributed by atoms with Crippen molar-refractivity contribution in [2.24, 2.45) is 7.05 Å². The first-order valence-corrected chi connectivity index (χ1v) is 4.47. The van der Waals surface area contributed by atoms with Crippen molar-refractivity contribution in [1.29, 1.82) is 0 Å². The Labute approximate surface area is 85.7 Å². The van der Waals surface area contributed by atoms with Crippen LogP contribution >= 0.6 is 0 Å². The predicted molar refractivity (Wildman–Crippen MR) is 48.4 cm³/mol. The van der Waals surface area contributed by atoms with Crippen molar-refractivity contribution in [2.45, 2.75) is 20.0 Å². The quantitative estimate of drug-likeness (QED) is 0.703. The van der Waals surface area contributed by atoms with E-state index in [-0.39, 0.29) is 0 Å². The first kappa shape index (κ1) is 9.71. The molecule has 1 N–H and O–H groups in total. The number of hydrogen-bond donors (Lipinski definition) is 1. The highest BCUT2D eigenvalue weighted by Crippen LogP contribution is 1.94. The monoisotopic (exact) mass is 209 g/mol. The minimum absolute atomic E-state index is 0.523. The lowest BCUT2D eigenvalue weighted by molar-refractivity contribution is 0.385. The summed E-state index contributed by atoms with van der Waals surface area (Å²) >= 11 is 0. The summed E-state index contributed by atoms with van der Waals surface area (Å²) in [5.41, 5.74) is 0. The first-order chi connectivity index (χ1) is 7.24. The SMILES string of the molecule is Cc1nc(CNCc2nnn(C)n2)no1. The molecule has 0 fully saturated rings. The molecule has 0 saturated heterocycles. The summed E-state index contributed by atoms with van der Waals surface area (Å²) in [6.45, 7) is 2.80. The molecular formula is C7H11N7O. The highest BCUT2D eigenvalue weighted by Gasteiger charge is 2.03. The van der Waals surface area contributed by atoms with Crippen LogP contribution in [0.25, 0.3) is 0 Å². The van der Waals surface area contributed by atoms with Gasteiger partial charge in [0.05, 0.1) is 20.1 Å². The third-order valence-electron chi connectivity index (χ3n) is 1.69. The van der Waals surface area contributed by atoms with Gasteiger partial charge in [0.25, 0.3) is 0 Å². The summed E-state index contributed by atoms with van der Waals surface area (Å²) < 4.78 is 4.82. The number of aromatic nitrogens is 6. The molecule has 2 aromatic heterocycles. The van der Waals surface area contributed by atoms with Gasteiger partial charge in [0.2, 0.25) is 5.89 Å². The maximum Gasteiger partial charge on any atom is 0.223 e. The van der Waals surface area contributed by atoms with E-state index in [1.165, 1.54) is 4.80 Å². The second-order valence-electron chi connectivity index (χ2n) is 3.03. The van der Waals surface area contributed by atoms with E-state index in [4.69, 9.17) is 4.52 Å². The molecule has 8 heteroatoms. The van der Waals surface area contributed by atoms with E-state index in [1.807, 2.05) is 0 Å². The molecule has 0 saturated carbocycles. The molecule has 8 nitrogen and oxygen atoms in total. The van der Waals surface area contributed by atoms with Gasteiger partial charge in [-0.05, 0) is 5.21 Å². The number of hydrogen-bond acceptors (Lipinski definition) is 7. The van der Waals surface area contributed by atoms with Crippen LogP contribution in [-0.2, 0) is 20.1 Å². The van der Waals surface area contributed by atoms with E-state index in [2.05, 4.69) is 30.9 Å². The Bertz CT molecular complexity index is 394. The number of aryl methyl sites for hydroxylation is 2. The average Bonchev–Trinajstić information content (AvgIpc) is 2.76. The standard InChI is InChI=1S/C7H11N7O/c1-5-9-6(12-15-5)3-8-4-7-10-13-14(2)11-7/h8H,3-4H2,1-2H3. The van der Waals surface area contributed by atoms with E-state index in [0.717, 1.165) is 0 Å². The Morgan fingerprint density at radius 1 is 1.33 bits per heavy atom. The van der Waals surface area contributed by atoms with E-state index in [0.29, 0.717) is 30.6 Å². The van der Waals surface area contributed by atoms with Gasteiger partial charge in [0.15, 0.2) is 11.6 Å². The van der Waals surface area contributed by atoms with Gasteiger partial charge in [-0.25, -0.2) is 0 Å². The van der Waals surface area contributed by atoms with E-state index in [9.17, 15) is 0 Å². The highest BCUT2D eigenvalue weighted by atomic mass is 16.5. The zero-order chi connectivity index (χ0) is 10.7. The zero-order valence-electron chi connectivity index (χ0n) is 8.51. The topological polar surface area (TPSA) is 94.6 Å². The fourth-order valence-electron chi connectivity index (χ4n) is 1.09. The molecule has 2 aromatic rings. The molecule has 2 rings (SSSR count). The van der Waals surface area contributed by atoms with Crippen molar-refractivity contribution >= 4 is 0 Å². The van der Waals surface area contributed by atoms with Crippen molar-refractivity contribution in [3.8, 4) is 0 Å². The largest absolute Gasteiger partial charge is 0.340 e. The molecule has 0 radical (unpaired) electrons. The van der Waals surface area contributed by atoms with Crippen LogP contribution in [0.3, 0.4) is 0 Å². The molecular weight excluding hydrogens is 198 g/mol. The Hall–Kier alpha value is -1.83. The number of nitrogens with zero attached hydrogens (tertiary/aromatic N) is 6. The first-order valence-electron chi connectivity index (χ1n) is 4.47. The summed E-state index contributed by atoms with van der Waals surface area (Å²) in [6.07, 6.45) is 0. The lowest BCUT2D eigenvalue weighted by atomic mass is 10.5. The van der Waals surface area contributed by atoms with Gasteiger partial charge in [0.1, 0.15) is 0 Å². The fraction of sp³-hybridized carbons (Fsp3) is 0.571. The Kier molecular flexibility index (Phi) is 2.68. The molecule has 0 bridgehead atoms. The van der Waals surface area contributed by atoms with Gasteiger partial charge in [-0.3, -0.25) is 0 Å². The minimum atomic E-state index is 0.523. The smallest absolute Gasteiger partial charge is 0.223 e. The molecule has 0 amide bonds. The maximum absolute atomic E-state index is 4.82. The van der Waals surface area contributed by atoms with Crippen LogP contribution in [-0.4, -0.2) is 30.3 Å².